The molecule has 2 amide bonds. The summed E-state index contributed by atoms with van der Waals surface area (Å²) in [4.78, 5) is 25.4. The number of aliphatic carboxylic acids is 1. The molecular weight excluding hydrogens is 256 g/mol. The second-order valence-corrected chi connectivity index (χ2v) is 6.08. The number of carboxylic acid groups (broad SMARTS) is 1. The molecule has 2 aliphatic rings. The van der Waals surface area contributed by atoms with Crippen molar-refractivity contribution >= 4 is 12.0 Å². The fourth-order valence-electron chi connectivity index (χ4n) is 3.65. The number of rotatable bonds is 5. The average molecular weight is 282 g/mol. The van der Waals surface area contributed by atoms with E-state index in [2.05, 4.69) is 5.32 Å². The predicted molar refractivity (Wildman–Crippen MR) is 76.5 cm³/mol. The number of urea groups is 1. The molecule has 2 rings (SSSR count). The van der Waals surface area contributed by atoms with Gasteiger partial charge in [-0.1, -0.05) is 26.2 Å². The molecule has 1 unspecified atom stereocenters. The lowest BCUT2D eigenvalue weighted by atomic mass is 9.96. The van der Waals surface area contributed by atoms with E-state index in [1.54, 1.807) is 0 Å². The molecule has 0 aromatic carbocycles. The van der Waals surface area contributed by atoms with E-state index < -0.39 is 12.0 Å². The maximum absolute atomic E-state index is 12.4. The monoisotopic (exact) mass is 282 g/mol. The van der Waals surface area contributed by atoms with Crippen LogP contribution in [0.2, 0.25) is 0 Å². The molecule has 0 spiro atoms. The third kappa shape index (κ3) is 3.44. The van der Waals surface area contributed by atoms with Crippen molar-refractivity contribution in [3.63, 3.8) is 0 Å². The Morgan fingerprint density at radius 3 is 2.55 bits per heavy atom. The molecule has 20 heavy (non-hydrogen) atoms. The molecule has 1 heterocycles. The van der Waals surface area contributed by atoms with Crippen LogP contribution < -0.4 is 5.32 Å². The Kier molecular flexibility index (Phi) is 5.26. The zero-order chi connectivity index (χ0) is 14.5. The third-order valence-corrected chi connectivity index (χ3v) is 4.68. The summed E-state index contributed by atoms with van der Waals surface area (Å²) < 4.78 is 0. The number of nitrogens with zero attached hydrogens (tertiary/aromatic N) is 1. The maximum Gasteiger partial charge on any atom is 0.326 e. The van der Waals surface area contributed by atoms with Gasteiger partial charge in [-0.3, -0.25) is 0 Å². The Bertz CT molecular complexity index is 353. The first-order chi connectivity index (χ1) is 9.63. The molecule has 0 radical (unpaired) electrons. The van der Waals surface area contributed by atoms with Crippen LogP contribution in [0.25, 0.3) is 0 Å². The van der Waals surface area contributed by atoms with Gasteiger partial charge in [-0.25, -0.2) is 9.59 Å². The second-order valence-electron chi connectivity index (χ2n) is 6.08. The van der Waals surface area contributed by atoms with Crippen LogP contribution in [0.15, 0.2) is 0 Å². The van der Waals surface area contributed by atoms with Crippen LogP contribution in [0.4, 0.5) is 4.79 Å². The fourth-order valence-corrected chi connectivity index (χ4v) is 3.65. The molecule has 2 N–H and O–H groups in total. The van der Waals surface area contributed by atoms with E-state index in [0.29, 0.717) is 18.4 Å². The van der Waals surface area contributed by atoms with Crippen molar-refractivity contribution < 1.29 is 14.7 Å². The first kappa shape index (κ1) is 15.1. The van der Waals surface area contributed by atoms with Crippen LogP contribution in [-0.4, -0.2) is 40.6 Å². The summed E-state index contributed by atoms with van der Waals surface area (Å²) in [6, 6.07) is -0.605. The van der Waals surface area contributed by atoms with Crippen LogP contribution in [0.1, 0.15) is 58.3 Å². The van der Waals surface area contributed by atoms with Crippen LogP contribution in [0.3, 0.4) is 0 Å². The van der Waals surface area contributed by atoms with Gasteiger partial charge in [0.1, 0.15) is 6.04 Å². The Labute approximate surface area is 120 Å². The van der Waals surface area contributed by atoms with E-state index in [1.807, 2.05) is 11.8 Å². The molecular formula is C15H26N2O3. The van der Waals surface area contributed by atoms with Gasteiger partial charge in [0.2, 0.25) is 0 Å². The van der Waals surface area contributed by atoms with E-state index >= 15 is 0 Å². The van der Waals surface area contributed by atoms with Gasteiger partial charge < -0.3 is 15.3 Å². The van der Waals surface area contributed by atoms with Crippen LogP contribution >= 0.6 is 0 Å². The minimum Gasteiger partial charge on any atom is -0.480 e. The largest absolute Gasteiger partial charge is 0.480 e. The lowest BCUT2D eigenvalue weighted by Crippen LogP contribution is -2.50. The molecule has 1 aliphatic carbocycles. The number of hydrogen-bond donors (Lipinski definition) is 2. The normalized spacial score (nSPS) is 24.9. The molecule has 5 heteroatoms. The first-order valence-electron chi connectivity index (χ1n) is 7.93. The van der Waals surface area contributed by atoms with Gasteiger partial charge in [0.25, 0.3) is 0 Å². The summed E-state index contributed by atoms with van der Waals surface area (Å²) in [6.45, 7) is 2.70. The van der Waals surface area contributed by atoms with Crippen molar-refractivity contribution in [1.82, 2.24) is 10.2 Å². The quantitative estimate of drug-likeness (QED) is 0.814. The molecule has 1 saturated heterocycles. The minimum absolute atomic E-state index is 0.180. The summed E-state index contributed by atoms with van der Waals surface area (Å²) in [5.74, 6) is -0.311. The van der Waals surface area contributed by atoms with Gasteiger partial charge >= 0.3 is 12.0 Å². The summed E-state index contributed by atoms with van der Waals surface area (Å²) in [7, 11) is 0. The topological polar surface area (TPSA) is 69.6 Å². The van der Waals surface area contributed by atoms with Crippen molar-refractivity contribution in [2.24, 2.45) is 5.92 Å². The number of amides is 2. The average Bonchev–Trinajstić information content (AvgIpc) is 3.08. The van der Waals surface area contributed by atoms with Crippen molar-refractivity contribution in [3.8, 4) is 0 Å². The van der Waals surface area contributed by atoms with Crippen LogP contribution in [-0.2, 0) is 4.79 Å². The molecule has 1 saturated carbocycles. The van der Waals surface area contributed by atoms with E-state index in [0.717, 1.165) is 25.8 Å². The molecule has 114 valence electrons. The number of carbonyl (C=O) groups is 2. The molecule has 1 aliphatic heterocycles. The van der Waals surface area contributed by atoms with Crippen molar-refractivity contribution in [2.75, 3.05) is 6.54 Å². The van der Waals surface area contributed by atoms with Gasteiger partial charge in [0.05, 0.1) is 0 Å². The van der Waals surface area contributed by atoms with E-state index in [1.165, 1.54) is 25.7 Å². The predicted octanol–water partition coefficient (Wildman–Crippen LogP) is 2.60. The fraction of sp³-hybridized carbons (Fsp3) is 0.867. The highest BCUT2D eigenvalue weighted by atomic mass is 16.4. The zero-order valence-electron chi connectivity index (χ0n) is 12.3. The highest BCUT2D eigenvalue weighted by Gasteiger charge is 2.36. The summed E-state index contributed by atoms with van der Waals surface area (Å²) >= 11 is 0. The lowest BCUT2D eigenvalue weighted by molar-refractivity contribution is -0.139. The van der Waals surface area contributed by atoms with Gasteiger partial charge in [-0.15, -0.1) is 0 Å². The summed E-state index contributed by atoms with van der Waals surface area (Å²) in [5, 5.41) is 11.8. The van der Waals surface area contributed by atoms with Gasteiger partial charge in [0, 0.05) is 12.6 Å². The highest BCUT2D eigenvalue weighted by molar-refractivity contribution is 5.82. The number of nitrogens with one attached hydrogen (secondary N) is 1. The molecule has 5 nitrogen and oxygen atoms in total. The smallest absolute Gasteiger partial charge is 0.326 e. The number of hydrogen-bond acceptors (Lipinski definition) is 2. The number of carboxylic acids is 1. The van der Waals surface area contributed by atoms with Crippen molar-refractivity contribution in [2.45, 2.75) is 70.4 Å². The highest BCUT2D eigenvalue weighted by Crippen LogP contribution is 2.35. The minimum atomic E-state index is -0.934. The lowest BCUT2D eigenvalue weighted by Gasteiger charge is -2.30. The molecule has 2 atom stereocenters. The first-order valence-corrected chi connectivity index (χ1v) is 7.93. The second kappa shape index (κ2) is 6.95. The van der Waals surface area contributed by atoms with E-state index in [9.17, 15) is 9.59 Å². The Hall–Kier alpha value is -1.26. The third-order valence-electron chi connectivity index (χ3n) is 4.68. The number of likely N-dealkylation sites (tertiary alicyclic amines) is 1. The van der Waals surface area contributed by atoms with Crippen molar-refractivity contribution in [3.05, 3.63) is 0 Å². The molecule has 2 fully saturated rings. The zero-order valence-corrected chi connectivity index (χ0v) is 12.3. The Morgan fingerprint density at radius 1 is 1.25 bits per heavy atom. The van der Waals surface area contributed by atoms with Gasteiger partial charge in [-0.05, 0) is 38.0 Å². The summed E-state index contributed by atoms with van der Waals surface area (Å²) in [6.07, 6.45) is 8.32. The van der Waals surface area contributed by atoms with E-state index in [4.69, 9.17) is 5.11 Å². The van der Waals surface area contributed by atoms with Crippen molar-refractivity contribution in [1.29, 1.82) is 0 Å². The van der Waals surface area contributed by atoms with Crippen LogP contribution in [0, 0.1) is 5.92 Å². The summed E-state index contributed by atoms with van der Waals surface area (Å²) in [5.41, 5.74) is 0. The Morgan fingerprint density at radius 2 is 1.95 bits per heavy atom. The molecule has 0 aromatic heterocycles. The molecule has 0 bridgehead atoms. The SMILES string of the molecule is CCC[C@@H](NC(=O)N1CCCC1C1CCCC1)C(=O)O. The molecule has 0 aromatic rings. The Balaban J connectivity index is 1.94. The van der Waals surface area contributed by atoms with Gasteiger partial charge in [0.15, 0.2) is 0 Å². The van der Waals surface area contributed by atoms with Crippen LogP contribution in [0.5, 0.6) is 0 Å². The van der Waals surface area contributed by atoms with Gasteiger partial charge in [-0.2, -0.15) is 0 Å². The van der Waals surface area contributed by atoms with E-state index in [-0.39, 0.29) is 6.03 Å². The standard InChI is InChI=1S/C15H26N2O3/c1-2-6-12(14(18)19)16-15(20)17-10-5-9-13(17)11-7-3-4-8-11/h11-13H,2-10H2,1H3,(H,16,20)(H,18,19)/t12-,13?/m1/s1. The maximum atomic E-state index is 12.4. The number of carbonyl (C=O) groups excluding carboxylic acids is 1.